The molecular formula is C14H26N4. The Bertz CT molecular complexity index is 398. The summed E-state index contributed by atoms with van der Waals surface area (Å²) >= 11 is 0. The van der Waals surface area contributed by atoms with Gasteiger partial charge in [0.2, 0.25) is 0 Å². The van der Waals surface area contributed by atoms with Crippen molar-refractivity contribution in [1.29, 1.82) is 0 Å². The molecule has 1 heterocycles. The second-order valence-corrected chi connectivity index (χ2v) is 6.50. The summed E-state index contributed by atoms with van der Waals surface area (Å²) < 4.78 is 1.90. The highest BCUT2D eigenvalue weighted by Crippen LogP contribution is 2.31. The van der Waals surface area contributed by atoms with Gasteiger partial charge < -0.3 is 11.1 Å². The van der Waals surface area contributed by atoms with Crippen LogP contribution in [0.3, 0.4) is 0 Å². The average Bonchev–Trinajstić information content (AvgIpc) is 3.00. The maximum absolute atomic E-state index is 5.93. The molecule has 0 radical (unpaired) electrons. The molecule has 1 fully saturated rings. The zero-order valence-electron chi connectivity index (χ0n) is 12.0. The summed E-state index contributed by atoms with van der Waals surface area (Å²) in [6.07, 6.45) is 4.84. The van der Waals surface area contributed by atoms with Crippen LogP contribution in [0, 0.1) is 5.92 Å². The van der Waals surface area contributed by atoms with Crippen molar-refractivity contribution in [3.8, 4) is 0 Å². The molecule has 1 aromatic rings. The first-order chi connectivity index (χ1) is 8.41. The first-order valence-corrected chi connectivity index (χ1v) is 6.89. The van der Waals surface area contributed by atoms with Gasteiger partial charge in [0.05, 0.1) is 5.69 Å². The molecule has 1 aliphatic carbocycles. The van der Waals surface area contributed by atoms with Crippen molar-refractivity contribution in [3.63, 3.8) is 0 Å². The van der Waals surface area contributed by atoms with Crippen LogP contribution in [-0.2, 0) is 12.5 Å². The Morgan fingerprint density at radius 2 is 2.17 bits per heavy atom. The van der Waals surface area contributed by atoms with Crippen LogP contribution < -0.4 is 11.1 Å². The summed E-state index contributed by atoms with van der Waals surface area (Å²) in [6, 6.07) is 0.230. The van der Waals surface area contributed by atoms with E-state index in [0.29, 0.717) is 6.54 Å². The van der Waals surface area contributed by atoms with E-state index >= 15 is 0 Å². The number of aryl methyl sites for hydroxylation is 1. The zero-order valence-corrected chi connectivity index (χ0v) is 12.0. The SMILES string of the molecule is Cn1cc(C(CN)NCC2CC2)c(C(C)(C)C)n1. The monoisotopic (exact) mass is 250 g/mol. The maximum atomic E-state index is 5.93. The molecule has 0 bridgehead atoms. The van der Waals surface area contributed by atoms with Crippen molar-refractivity contribution in [3.05, 3.63) is 17.5 Å². The smallest absolute Gasteiger partial charge is 0.0726 e. The number of aromatic nitrogens is 2. The Hall–Kier alpha value is -0.870. The number of hydrogen-bond acceptors (Lipinski definition) is 3. The normalized spacial score (nSPS) is 18.1. The molecule has 1 atom stereocenters. The second kappa shape index (κ2) is 5.02. The molecule has 1 aromatic heterocycles. The Morgan fingerprint density at radius 1 is 1.50 bits per heavy atom. The lowest BCUT2D eigenvalue weighted by atomic mass is 9.87. The zero-order chi connectivity index (χ0) is 13.3. The van der Waals surface area contributed by atoms with Gasteiger partial charge in [0.15, 0.2) is 0 Å². The van der Waals surface area contributed by atoms with Crippen LogP contribution in [0.5, 0.6) is 0 Å². The highest BCUT2D eigenvalue weighted by molar-refractivity contribution is 5.27. The molecule has 1 aliphatic rings. The largest absolute Gasteiger partial charge is 0.329 e. The van der Waals surface area contributed by atoms with E-state index in [1.807, 2.05) is 11.7 Å². The topological polar surface area (TPSA) is 55.9 Å². The summed E-state index contributed by atoms with van der Waals surface area (Å²) in [6.45, 7) is 8.32. The molecule has 0 aromatic carbocycles. The number of rotatable bonds is 5. The van der Waals surface area contributed by atoms with E-state index in [2.05, 4.69) is 37.4 Å². The van der Waals surface area contributed by atoms with E-state index in [4.69, 9.17) is 5.73 Å². The summed E-state index contributed by atoms with van der Waals surface area (Å²) in [7, 11) is 1.98. The second-order valence-electron chi connectivity index (χ2n) is 6.50. The third-order valence-electron chi connectivity index (χ3n) is 3.53. The van der Waals surface area contributed by atoms with E-state index in [0.717, 1.165) is 18.2 Å². The van der Waals surface area contributed by atoms with Gasteiger partial charge in [-0.05, 0) is 25.3 Å². The van der Waals surface area contributed by atoms with Gasteiger partial charge in [0, 0.05) is 36.8 Å². The van der Waals surface area contributed by atoms with Crippen LogP contribution in [-0.4, -0.2) is 22.9 Å². The lowest BCUT2D eigenvalue weighted by molar-refractivity contribution is 0.496. The summed E-state index contributed by atoms with van der Waals surface area (Å²) in [5, 5.41) is 8.21. The molecule has 18 heavy (non-hydrogen) atoms. The Morgan fingerprint density at radius 3 is 2.67 bits per heavy atom. The van der Waals surface area contributed by atoms with Gasteiger partial charge in [-0.1, -0.05) is 20.8 Å². The third kappa shape index (κ3) is 3.12. The molecule has 3 N–H and O–H groups in total. The standard InChI is InChI=1S/C14H26N4/c1-14(2,3)13-11(9-18(4)17-13)12(7-15)16-8-10-5-6-10/h9-10,12,16H,5-8,15H2,1-4H3. The number of nitrogens with one attached hydrogen (secondary N) is 1. The Labute approximate surface area is 110 Å². The number of nitrogens with two attached hydrogens (primary N) is 1. The average molecular weight is 250 g/mol. The molecule has 102 valence electrons. The lowest BCUT2D eigenvalue weighted by Gasteiger charge is -2.22. The quantitative estimate of drug-likeness (QED) is 0.836. The fourth-order valence-electron chi connectivity index (χ4n) is 2.30. The van der Waals surface area contributed by atoms with Gasteiger partial charge in [0.1, 0.15) is 0 Å². The molecular weight excluding hydrogens is 224 g/mol. The van der Waals surface area contributed by atoms with Crippen molar-refractivity contribution >= 4 is 0 Å². The van der Waals surface area contributed by atoms with Gasteiger partial charge in [-0.2, -0.15) is 5.10 Å². The van der Waals surface area contributed by atoms with Crippen LogP contribution in [0.1, 0.15) is 50.9 Å². The summed E-state index contributed by atoms with van der Waals surface area (Å²) in [5.41, 5.74) is 8.41. The van der Waals surface area contributed by atoms with E-state index in [-0.39, 0.29) is 11.5 Å². The number of hydrogen-bond donors (Lipinski definition) is 2. The first kappa shape index (κ1) is 13.6. The van der Waals surface area contributed by atoms with Crippen LogP contribution >= 0.6 is 0 Å². The minimum absolute atomic E-state index is 0.0608. The predicted molar refractivity (Wildman–Crippen MR) is 74.4 cm³/mol. The van der Waals surface area contributed by atoms with Crippen molar-refractivity contribution in [1.82, 2.24) is 15.1 Å². The van der Waals surface area contributed by atoms with Crippen LogP contribution in [0.2, 0.25) is 0 Å². The predicted octanol–water partition coefficient (Wildman–Crippen LogP) is 1.72. The number of nitrogens with zero attached hydrogens (tertiary/aromatic N) is 2. The van der Waals surface area contributed by atoms with Crippen LogP contribution in [0.4, 0.5) is 0 Å². The first-order valence-electron chi connectivity index (χ1n) is 6.89. The van der Waals surface area contributed by atoms with Crippen molar-refractivity contribution in [2.24, 2.45) is 18.7 Å². The molecule has 0 saturated heterocycles. The maximum Gasteiger partial charge on any atom is 0.0726 e. The molecule has 0 amide bonds. The Kier molecular flexibility index (Phi) is 3.78. The minimum atomic E-state index is 0.0608. The Balaban J connectivity index is 2.17. The molecule has 0 aliphatic heterocycles. The van der Waals surface area contributed by atoms with Gasteiger partial charge in [-0.25, -0.2) is 0 Å². The fraction of sp³-hybridized carbons (Fsp3) is 0.786. The van der Waals surface area contributed by atoms with Crippen molar-refractivity contribution in [2.45, 2.75) is 45.1 Å². The molecule has 1 unspecified atom stereocenters. The minimum Gasteiger partial charge on any atom is -0.329 e. The van der Waals surface area contributed by atoms with Gasteiger partial charge in [-0.15, -0.1) is 0 Å². The van der Waals surface area contributed by atoms with E-state index in [1.165, 1.54) is 18.4 Å². The lowest BCUT2D eigenvalue weighted by Crippen LogP contribution is -2.31. The highest BCUT2D eigenvalue weighted by Gasteiger charge is 2.27. The van der Waals surface area contributed by atoms with Crippen LogP contribution in [0.25, 0.3) is 0 Å². The van der Waals surface area contributed by atoms with Gasteiger partial charge in [0.25, 0.3) is 0 Å². The van der Waals surface area contributed by atoms with Crippen LogP contribution in [0.15, 0.2) is 6.20 Å². The van der Waals surface area contributed by atoms with Crippen molar-refractivity contribution in [2.75, 3.05) is 13.1 Å². The third-order valence-corrected chi connectivity index (χ3v) is 3.53. The van der Waals surface area contributed by atoms with Crippen molar-refractivity contribution < 1.29 is 0 Å². The fourth-order valence-corrected chi connectivity index (χ4v) is 2.30. The molecule has 0 spiro atoms. The van der Waals surface area contributed by atoms with Gasteiger partial charge in [-0.3, -0.25) is 4.68 Å². The molecule has 2 rings (SSSR count). The summed E-state index contributed by atoms with van der Waals surface area (Å²) in [4.78, 5) is 0. The molecule has 4 nitrogen and oxygen atoms in total. The summed E-state index contributed by atoms with van der Waals surface area (Å²) in [5.74, 6) is 0.869. The van der Waals surface area contributed by atoms with E-state index in [9.17, 15) is 0 Å². The highest BCUT2D eigenvalue weighted by atomic mass is 15.3. The van der Waals surface area contributed by atoms with E-state index < -0.39 is 0 Å². The molecule has 4 heteroatoms. The van der Waals surface area contributed by atoms with Gasteiger partial charge >= 0.3 is 0 Å². The van der Waals surface area contributed by atoms with E-state index in [1.54, 1.807) is 0 Å². The molecule has 1 saturated carbocycles.